The van der Waals surface area contributed by atoms with E-state index < -0.39 is 16.7 Å². The number of nitrogens with one attached hydrogen (secondary N) is 2. The van der Waals surface area contributed by atoms with Crippen LogP contribution in [0.5, 0.6) is 0 Å². The van der Waals surface area contributed by atoms with Crippen LogP contribution in [0.4, 0.5) is 17.1 Å². The summed E-state index contributed by atoms with van der Waals surface area (Å²) in [6.07, 6.45) is 2.08. The van der Waals surface area contributed by atoms with E-state index in [4.69, 9.17) is 11.6 Å². The Labute approximate surface area is 189 Å². The van der Waals surface area contributed by atoms with Crippen LogP contribution in [0.1, 0.15) is 36.5 Å². The van der Waals surface area contributed by atoms with Crippen LogP contribution in [0, 0.1) is 16.0 Å². The quantitative estimate of drug-likeness (QED) is 0.455. The zero-order valence-electron chi connectivity index (χ0n) is 17.5. The van der Waals surface area contributed by atoms with Gasteiger partial charge in [0.15, 0.2) is 0 Å². The fourth-order valence-electron chi connectivity index (χ4n) is 3.38. The van der Waals surface area contributed by atoms with Gasteiger partial charge in [0.25, 0.3) is 11.6 Å². The number of unbranched alkanes of at least 4 members (excludes halogenated alkanes) is 1. The first-order valence-electron chi connectivity index (χ1n) is 10.2. The fourth-order valence-corrected chi connectivity index (χ4v) is 3.54. The molecule has 0 aliphatic carbocycles. The first-order chi connectivity index (χ1) is 15.3. The van der Waals surface area contributed by atoms with Gasteiger partial charge in [-0.25, -0.2) is 0 Å². The van der Waals surface area contributed by atoms with Crippen molar-refractivity contribution in [2.24, 2.45) is 5.92 Å². The minimum absolute atomic E-state index is 0.00886. The highest BCUT2D eigenvalue weighted by molar-refractivity contribution is 6.34. The molecule has 10 heteroatoms. The van der Waals surface area contributed by atoms with Crippen molar-refractivity contribution in [3.8, 4) is 0 Å². The van der Waals surface area contributed by atoms with Gasteiger partial charge in [0.05, 0.1) is 21.6 Å². The van der Waals surface area contributed by atoms with Gasteiger partial charge in [-0.1, -0.05) is 24.9 Å². The van der Waals surface area contributed by atoms with Gasteiger partial charge in [-0.3, -0.25) is 24.5 Å². The molecule has 1 unspecified atom stereocenters. The zero-order valence-corrected chi connectivity index (χ0v) is 18.2. The largest absolute Gasteiger partial charge is 0.342 e. The Morgan fingerprint density at radius 1 is 1.19 bits per heavy atom. The van der Waals surface area contributed by atoms with E-state index in [2.05, 4.69) is 10.6 Å². The number of nitrogens with zero attached hydrogens (tertiary/aromatic N) is 2. The number of nitro benzene ring substituents is 1. The molecule has 2 aromatic rings. The molecule has 0 bridgehead atoms. The molecule has 32 heavy (non-hydrogen) atoms. The van der Waals surface area contributed by atoms with Crippen molar-refractivity contribution in [3.63, 3.8) is 0 Å². The van der Waals surface area contributed by atoms with Gasteiger partial charge >= 0.3 is 0 Å². The van der Waals surface area contributed by atoms with Crippen LogP contribution in [0.2, 0.25) is 5.02 Å². The summed E-state index contributed by atoms with van der Waals surface area (Å²) in [6.45, 7) is 3.12. The summed E-state index contributed by atoms with van der Waals surface area (Å²) in [5, 5.41) is 16.4. The van der Waals surface area contributed by atoms with Crippen molar-refractivity contribution in [2.75, 3.05) is 23.7 Å². The minimum atomic E-state index is -0.579. The van der Waals surface area contributed by atoms with E-state index in [9.17, 15) is 24.5 Å². The Balaban J connectivity index is 1.60. The van der Waals surface area contributed by atoms with E-state index in [1.54, 1.807) is 17.0 Å². The van der Waals surface area contributed by atoms with E-state index in [0.29, 0.717) is 18.8 Å². The normalized spacial score (nSPS) is 15.5. The summed E-state index contributed by atoms with van der Waals surface area (Å²) in [6, 6.07) is 9.96. The zero-order chi connectivity index (χ0) is 23.3. The molecule has 0 aromatic heterocycles. The first-order valence-corrected chi connectivity index (χ1v) is 10.6. The number of anilines is 2. The lowest BCUT2D eigenvalue weighted by molar-refractivity contribution is -0.384. The molecule has 1 heterocycles. The highest BCUT2D eigenvalue weighted by Crippen LogP contribution is 2.27. The van der Waals surface area contributed by atoms with Crippen LogP contribution in [0.15, 0.2) is 42.5 Å². The number of carbonyl (C=O) groups is 3. The molecule has 1 saturated heterocycles. The lowest BCUT2D eigenvalue weighted by Gasteiger charge is -2.16. The third-order valence-electron chi connectivity index (χ3n) is 5.19. The molecule has 2 aromatic carbocycles. The molecule has 0 saturated carbocycles. The molecule has 1 aliphatic rings. The average Bonchev–Trinajstić information content (AvgIpc) is 3.14. The molecule has 3 amide bonds. The maximum absolute atomic E-state index is 12.5. The van der Waals surface area contributed by atoms with Gasteiger partial charge in [-0.2, -0.15) is 0 Å². The molecule has 1 fully saturated rings. The maximum atomic E-state index is 12.5. The Kier molecular flexibility index (Phi) is 7.42. The summed E-state index contributed by atoms with van der Waals surface area (Å²) in [4.78, 5) is 49.1. The molecule has 2 N–H and O–H groups in total. The Hall–Kier alpha value is -3.46. The van der Waals surface area contributed by atoms with Crippen LogP contribution in [-0.2, 0) is 9.59 Å². The highest BCUT2D eigenvalue weighted by atomic mass is 35.5. The van der Waals surface area contributed by atoms with Gasteiger partial charge in [-0.05, 0) is 36.8 Å². The third-order valence-corrected chi connectivity index (χ3v) is 5.52. The molecule has 1 aliphatic heterocycles. The number of hydrogen-bond acceptors (Lipinski definition) is 5. The highest BCUT2D eigenvalue weighted by Gasteiger charge is 2.33. The van der Waals surface area contributed by atoms with E-state index in [1.807, 2.05) is 6.92 Å². The number of non-ortho nitro benzene ring substituents is 1. The summed E-state index contributed by atoms with van der Waals surface area (Å²) in [5.74, 6) is -1.15. The predicted octanol–water partition coefficient (Wildman–Crippen LogP) is 4.09. The molecule has 1 atom stereocenters. The molecule has 168 valence electrons. The molecular weight excluding hydrogens is 436 g/mol. The van der Waals surface area contributed by atoms with Gasteiger partial charge in [0.1, 0.15) is 0 Å². The van der Waals surface area contributed by atoms with Crippen molar-refractivity contribution in [3.05, 3.63) is 63.2 Å². The lowest BCUT2D eigenvalue weighted by Crippen LogP contribution is -2.29. The van der Waals surface area contributed by atoms with Gasteiger partial charge in [0, 0.05) is 42.9 Å². The number of likely N-dealkylation sites (tertiary alicyclic amines) is 1. The smallest absolute Gasteiger partial charge is 0.271 e. The van der Waals surface area contributed by atoms with Crippen molar-refractivity contribution in [1.82, 2.24) is 4.90 Å². The number of amides is 3. The fraction of sp³-hybridized carbons (Fsp3) is 0.318. The number of benzene rings is 2. The van der Waals surface area contributed by atoms with Gasteiger partial charge < -0.3 is 15.5 Å². The monoisotopic (exact) mass is 458 g/mol. The number of nitro groups is 1. The minimum Gasteiger partial charge on any atom is -0.342 e. The van der Waals surface area contributed by atoms with Gasteiger partial charge in [-0.15, -0.1) is 0 Å². The SMILES string of the molecule is CCCCN1CC(C(=O)Nc2ccc(C(=O)Nc3cc([N+](=O)[O-])ccc3Cl)cc2)CC1=O. The van der Waals surface area contributed by atoms with Crippen LogP contribution in [-0.4, -0.2) is 40.6 Å². The Morgan fingerprint density at radius 2 is 1.91 bits per heavy atom. The van der Waals surface area contributed by atoms with Gasteiger partial charge in [0.2, 0.25) is 11.8 Å². The van der Waals surface area contributed by atoms with E-state index >= 15 is 0 Å². The Morgan fingerprint density at radius 3 is 2.56 bits per heavy atom. The molecule has 3 rings (SSSR count). The van der Waals surface area contributed by atoms with Crippen LogP contribution in [0.25, 0.3) is 0 Å². The molecule has 0 radical (unpaired) electrons. The summed E-state index contributed by atoms with van der Waals surface area (Å²) < 4.78 is 0. The Bertz CT molecular complexity index is 1040. The van der Waals surface area contributed by atoms with Crippen molar-refractivity contribution >= 4 is 46.4 Å². The van der Waals surface area contributed by atoms with E-state index in [-0.39, 0.29) is 40.2 Å². The molecular formula is C22H23ClN4O5. The number of rotatable bonds is 8. The van der Waals surface area contributed by atoms with Crippen molar-refractivity contribution < 1.29 is 19.3 Å². The standard InChI is InChI=1S/C22H23ClN4O5/c1-2-3-10-26-13-15(11-20(26)28)22(30)24-16-6-4-14(5-7-16)21(29)25-19-12-17(27(31)32)8-9-18(19)23/h4-9,12,15H,2-3,10-11,13H2,1H3,(H,24,30)(H,25,29). The first kappa shape index (κ1) is 23.2. The summed E-state index contributed by atoms with van der Waals surface area (Å²) in [7, 11) is 0. The van der Waals surface area contributed by atoms with E-state index in [0.717, 1.165) is 12.8 Å². The second kappa shape index (κ2) is 10.2. The summed E-state index contributed by atoms with van der Waals surface area (Å²) in [5.41, 5.74) is 0.718. The second-order valence-electron chi connectivity index (χ2n) is 7.54. The maximum Gasteiger partial charge on any atom is 0.271 e. The topological polar surface area (TPSA) is 122 Å². The van der Waals surface area contributed by atoms with Crippen LogP contribution >= 0.6 is 11.6 Å². The molecule has 9 nitrogen and oxygen atoms in total. The third kappa shape index (κ3) is 5.61. The molecule has 0 spiro atoms. The van der Waals surface area contributed by atoms with Crippen molar-refractivity contribution in [1.29, 1.82) is 0 Å². The summed E-state index contributed by atoms with van der Waals surface area (Å²) >= 11 is 6.01. The number of hydrogen-bond donors (Lipinski definition) is 2. The van der Waals surface area contributed by atoms with Crippen molar-refractivity contribution in [2.45, 2.75) is 26.2 Å². The van der Waals surface area contributed by atoms with Crippen LogP contribution in [0.3, 0.4) is 0 Å². The lowest BCUT2D eigenvalue weighted by atomic mass is 10.1. The number of halogens is 1. The predicted molar refractivity (Wildman–Crippen MR) is 121 cm³/mol. The second-order valence-corrected chi connectivity index (χ2v) is 7.94. The average molecular weight is 459 g/mol. The van der Waals surface area contributed by atoms with E-state index in [1.165, 1.54) is 30.3 Å². The van der Waals surface area contributed by atoms with Crippen LogP contribution < -0.4 is 10.6 Å². The number of carbonyl (C=O) groups excluding carboxylic acids is 3.